The average Bonchev–Trinajstić information content (AvgIpc) is 2.89. The molecule has 0 unspecified atom stereocenters. The van der Waals surface area contributed by atoms with Crippen molar-refractivity contribution in [3.8, 4) is 5.75 Å². The molecule has 0 spiro atoms. The third kappa shape index (κ3) is 7.53. The number of aromatic hydroxyl groups is 1. The van der Waals surface area contributed by atoms with E-state index < -0.39 is 42.3 Å². The van der Waals surface area contributed by atoms with Crippen molar-refractivity contribution in [2.75, 3.05) is 6.54 Å². The van der Waals surface area contributed by atoms with Gasteiger partial charge in [0.15, 0.2) is 0 Å². The van der Waals surface area contributed by atoms with Gasteiger partial charge in [-0.05, 0) is 41.5 Å². The minimum Gasteiger partial charge on any atom is -0.508 e. The molecule has 0 aliphatic heterocycles. The zero-order valence-electron chi connectivity index (χ0n) is 19.5. The molecule has 0 saturated heterocycles. The molecule has 3 aromatic rings. The highest BCUT2D eigenvalue weighted by molar-refractivity contribution is 6.34. The fraction of sp³-hybridized carbons (Fsp3) is 0.154. The van der Waals surface area contributed by atoms with Crippen LogP contribution in [0.2, 0.25) is 5.02 Å². The lowest BCUT2D eigenvalue weighted by Gasteiger charge is -2.18. The molecule has 7 N–H and O–H groups in total. The van der Waals surface area contributed by atoms with Crippen LogP contribution in [-0.2, 0) is 16.1 Å². The van der Waals surface area contributed by atoms with E-state index in [0.29, 0.717) is 11.1 Å². The van der Waals surface area contributed by atoms with Crippen LogP contribution in [0.15, 0.2) is 72.8 Å². The Kier molecular flexibility index (Phi) is 9.20. The summed E-state index contributed by atoms with van der Waals surface area (Å²) >= 11 is 6.20. The SMILES string of the molecule is N[C@H](C(=O)NC[C@H](NC(=O)c1ccc(C(=O)NCc2cccc(O)c2)cc1Cl)C(=O)O)c1ccccc1. The largest absolute Gasteiger partial charge is 0.508 e. The Morgan fingerprint density at radius 3 is 2.27 bits per heavy atom. The normalized spacial score (nSPS) is 12.2. The quantitative estimate of drug-likeness (QED) is 0.235. The molecule has 0 heterocycles. The molecular weight excluding hydrogens is 500 g/mol. The molecule has 2 atom stereocenters. The number of amides is 3. The lowest BCUT2D eigenvalue weighted by Crippen LogP contribution is -2.49. The summed E-state index contributed by atoms with van der Waals surface area (Å²) in [5.41, 5.74) is 7.27. The van der Waals surface area contributed by atoms with Crippen LogP contribution in [0.25, 0.3) is 0 Å². The van der Waals surface area contributed by atoms with Gasteiger partial charge in [0, 0.05) is 18.7 Å². The molecule has 0 aliphatic rings. The van der Waals surface area contributed by atoms with E-state index in [9.17, 15) is 29.4 Å². The fourth-order valence-electron chi connectivity index (χ4n) is 3.35. The third-order valence-electron chi connectivity index (χ3n) is 5.36. The van der Waals surface area contributed by atoms with Crippen molar-refractivity contribution in [1.29, 1.82) is 0 Å². The maximum atomic E-state index is 12.7. The van der Waals surface area contributed by atoms with E-state index in [1.807, 2.05) is 0 Å². The minimum absolute atomic E-state index is 0.0511. The second kappa shape index (κ2) is 12.5. The number of phenols is 1. The number of halogens is 1. The van der Waals surface area contributed by atoms with Crippen LogP contribution < -0.4 is 21.7 Å². The molecule has 0 radical (unpaired) electrons. The summed E-state index contributed by atoms with van der Waals surface area (Å²) in [6.45, 7) is -0.249. The van der Waals surface area contributed by atoms with Crippen molar-refractivity contribution in [2.24, 2.45) is 5.73 Å². The molecule has 11 heteroatoms. The molecule has 0 bridgehead atoms. The van der Waals surface area contributed by atoms with E-state index in [1.54, 1.807) is 42.5 Å². The van der Waals surface area contributed by atoms with E-state index in [1.165, 1.54) is 30.3 Å². The Hall–Kier alpha value is -4.41. The number of hydrogen-bond donors (Lipinski definition) is 6. The van der Waals surface area contributed by atoms with Gasteiger partial charge in [-0.15, -0.1) is 0 Å². The van der Waals surface area contributed by atoms with Crippen LogP contribution in [0, 0.1) is 0 Å². The first-order valence-electron chi connectivity index (χ1n) is 11.1. The molecule has 0 saturated carbocycles. The Balaban J connectivity index is 1.59. The van der Waals surface area contributed by atoms with E-state index >= 15 is 0 Å². The second-order valence-electron chi connectivity index (χ2n) is 8.04. The number of phenolic OH excluding ortho intramolecular Hbond substituents is 1. The van der Waals surface area contributed by atoms with Crippen molar-refractivity contribution in [1.82, 2.24) is 16.0 Å². The summed E-state index contributed by atoms with van der Waals surface area (Å²) < 4.78 is 0. The van der Waals surface area contributed by atoms with E-state index in [4.69, 9.17) is 17.3 Å². The van der Waals surface area contributed by atoms with E-state index in [0.717, 1.165) is 0 Å². The van der Waals surface area contributed by atoms with Gasteiger partial charge in [-0.25, -0.2) is 4.79 Å². The minimum atomic E-state index is -1.46. The van der Waals surface area contributed by atoms with Gasteiger partial charge < -0.3 is 31.9 Å². The Labute approximate surface area is 217 Å². The zero-order chi connectivity index (χ0) is 26.9. The maximum Gasteiger partial charge on any atom is 0.328 e. The molecule has 10 nitrogen and oxygen atoms in total. The number of carboxylic acids is 1. The van der Waals surface area contributed by atoms with Crippen molar-refractivity contribution >= 4 is 35.3 Å². The monoisotopic (exact) mass is 524 g/mol. The fourth-order valence-corrected chi connectivity index (χ4v) is 3.62. The van der Waals surface area contributed by atoms with Gasteiger partial charge in [-0.1, -0.05) is 54.1 Å². The Morgan fingerprint density at radius 2 is 1.62 bits per heavy atom. The predicted octanol–water partition coefficient (Wildman–Crippen LogP) is 1.97. The van der Waals surface area contributed by atoms with Crippen molar-refractivity contribution in [3.63, 3.8) is 0 Å². The molecular formula is C26H25ClN4O6. The molecule has 3 amide bonds. The van der Waals surface area contributed by atoms with Crippen LogP contribution >= 0.6 is 11.6 Å². The molecule has 3 rings (SSSR count). The topological polar surface area (TPSA) is 171 Å². The van der Waals surface area contributed by atoms with Gasteiger partial charge in [0.2, 0.25) is 5.91 Å². The summed E-state index contributed by atoms with van der Waals surface area (Å²) in [4.78, 5) is 49.1. The number of nitrogens with one attached hydrogen (secondary N) is 3. The van der Waals surface area contributed by atoms with Crippen molar-refractivity contribution < 1.29 is 29.4 Å². The molecule has 192 valence electrons. The summed E-state index contributed by atoms with van der Waals surface area (Å²) in [7, 11) is 0. The first-order chi connectivity index (χ1) is 17.7. The number of carboxylic acid groups (broad SMARTS) is 1. The number of nitrogens with two attached hydrogens (primary N) is 1. The van der Waals surface area contributed by atoms with Crippen LogP contribution in [0.5, 0.6) is 5.75 Å². The smallest absolute Gasteiger partial charge is 0.328 e. The number of carbonyl (C=O) groups excluding carboxylic acids is 3. The van der Waals surface area contributed by atoms with Crippen LogP contribution in [-0.4, -0.2) is 46.5 Å². The number of aliphatic carboxylic acids is 1. The lowest BCUT2D eigenvalue weighted by atomic mass is 10.1. The number of hydrogen-bond acceptors (Lipinski definition) is 6. The molecule has 37 heavy (non-hydrogen) atoms. The number of rotatable bonds is 10. The standard InChI is InChI=1S/C26H25ClN4O6/c27-20-12-17(23(33)29-13-15-5-4-8-18(32)11-15)9-10-19(20)24(34)31-21(26(36)37)14-30-25(35)22(28)16-6-2-1-3-7-16/h1-12,21-22,32H,13-14,28H2,(H,29,33)(H,30,35)(H,31,34)(H,36,37)/t21-,22-/m0/s1. The third-order valence-corrected chi connectivity index (χ3v) is 5.68. The van der Waals surface area contributed by atoms with Gasteiger partial charge >= 0.3 is 5.97 Å². The van der Waals surface area contributed by atoms with Crippen molar-refractivity contribution in [2.45, 2.75) is 18.6 Å². The first kappa shape index (κ1) is 27.2. The van der Waals surface area contributed by atoms with Gasteiger partial charge in [0.25, 0.3) is 11.8 Å². The van der Waals surface area contributed by atoms with E-state index in [2.05, 4.69) is 16.0 Å². The molecule has 0 fully saturated rings. The highest BCUT2D eigenvalue weighted by atomic mass is 35.5. The maximum absolute atomic E-state index is 12.7. The van der Waals surface area contributed by atoms with Gasteiger partial charge in [-0.2, -0.15) is 0 Å². The van der Waals surface area contributed by atoms with Crippen LogP contribution in [0.4, 0.5) is 0 Å². The number of benzene rings is 3. The predicted molar refractivity (Wildman–Crippen MR) is 136 cm³/mol. The second-order valence-corrected chi connectivity index (χ2v) is 8.45. The number of carbonyl (C=O) groups is 4. The van der Waals surface area contributed by atoms with Gasteiger partial charge in [0.05, 0.1) is 10.6 Å². The lowest BCUT2D eigenvalue weighted by molar-refractivity contribution is -0.139. The Morgan fingerprint density at radius 1 is 0.892 bits per heavy atom. The first-order valence-corrected chi connectivity index (χ1v) is 11.5. The summed E-state index contributed by atoms with van der Waals surface area (Å²) in [5.74, 6) is -3.17. The van der Waals surface area contributed by atoms with Crippen LogP contribution in [0.3, 0.4) is 0 Å². The molecule has 0 aliphatic carbocycles. The summed E-state index contributed by atoms with van der Waals surface area (Å²) in [5, 5.41) is 26.3. The van der Waals surface area contributed by atoms with E-state index in [-0.39, 0.29) is 28.4 Å². The van der Waals surface area contributed by atoms with Crippen molar-refractivity contribution in [3.05, 3.63) is 100 Å². The molecule has 0 aromatic heterocycles. The molecule has 3 aromatic carbocycles. The summed E-state index contributed by atoms with van der Waals surface area (Å²) in [6, 6.07) is 16.4. The average molecular weight is 525 g/mol. The van der Waals surface area contributed by atoms with Gasteiger partial charge in [0.1, 0.15) is 17.8 Å². The van der Waals surface area contributed by atoms with Gasteiger partial charge in [-0.3, -0.25) is 14.4 Å². The summed E-state index contributed by atoms with van der Waals surface area (Å²) in [6.07, 6.45) is 0. The zero-order valence-corrected chi connectivity index (χ0v) is 20.2. The highest BCUT2D eigenvalue weighted by Gasteiger charge is 2.24. The highest BCUT2D eigenvalue weighted by Crippen LogP contribution is 2.19. The van der Waals surface area contributed by atoms with Crippen LogP contribution in [0.1, 0.15) is 37.9 Å². The Bertz CT molecular complexity index is 1300.